The number of carbonyl (C=O) groups is 3. The molecule has 3 N–H and O–H groups in total. The molecule has 0 saturated heterocycles. The van der Waals surface area contributed by atoms with Crippen LogP contribution in [0.5, 0.6) is 0 Å². The Labute approximate surface area is 118 Å². The Bertz CT molecular complexity index is 309. The number of halogens is 1. The monoisotopic (exact) mass is 296 g/mol. The molecule has 19 heavy (non-hydrogen) atoms. The molecular formula is C11H21ClN2O5. The third-order valence-corrected chi connectivity index (χ3v) is 2.25. The van der Waals surface area contributed by atoms with Crippen LogP contribution < -0.4 is 11.1 Å². The number of nitrogens with two attached hydrogens (primary N) is 1. The summed E-state index contributed by atoms with van der Waals surface area (Å²) >= 11 is 0. The molecule has 0 rings (SSSR count). The largest absolute Gasteiger partial charge is 0.469 e. The molecule has 0 aromatic heterocycles. The number of hydrogen-bond acceptors (Lipinski definition) is 6. The van der Waals surface area contributed by atoms with Crippen LogP contribution in [0, 0.1) is 0 Å². The van der Waals surface area contributed by atoms with Gasteiger partial charge >= 0.3 is 11.9 Å². The summed E-state index contributed by atoms with van der Waals surface area (Å²) in [7, 11) is 2.38. The summed E-state index contributed by atoms with van der Waals surface area (Å²) in [5.74, 6) is -1.64. The SMILES string of the molecule is COC(=O)CC(NC(=O)CCC(C)N)C(=O)OC.Cl. The second-order valence-electron chi connectivity index (χ2n) is 3.94. The van der Waals surface area contributed by atoms with Crippen molar-refractivity contribution in [3.05, 3.63) is 0 Å². The normalized spacial score (nSPS) is 12.6. The van der Waals surface area contributed by atoms with E-state index >= 15 is 0 Å². The third-order valence-electron chi connectivity index (χ3n) is 2.25. The molecule has 0 saturated carbocycles. The Hall–Kier alpha value is -1.34. The summed E-state index contributed by atoms with van der Waals surface area (Å²) in [5, 5.41) is 2.42. The molecule has 0 bridgehead atoms. The summed E-state index contributed by atoms with van der Waals surface area (Å²) in [5.41, 5.74) is 5.51. The van der Waals surface area contributed by atoms with Gasteiger partial charge in [-0.3, -0.25) is 9.59 Å². The highest BCUT2D eigenvalue weighted by Gasteiger charge is 2.24. The highest BCUT2D eigenvalue weighted by Crippen LogP contribution is 2.00. The first-order valence-corrected chi connectivity index (χ1v) is 5.60. The van der Waals surface area contributed by atoms with Gasteiger partial charge in [-0.05, 0) is 13.3 Å². The molecule has 0 aromatic rings. The lowest BCUT2D eigenvalue weighted by Crippen LogP contribution is -2.43. The van der Waals surface area contributed by atoms with Crippen molar-refractivity contribution in [1.29, 1.82) is 0 Å². The molecule has 0 heterocycles. The van der Waals surface area contributed by atoms with Crippen LogP contribution in [-0.2, 0) is 23.9 Å². The van der Waals surface area contributed by atoms with Crippen molar-refractivity contribution in [2.75, 3.05) is 14.2 Å². The van der Waals surface area contributed by atoms with E-state index in [9.17, 15) is 14.4 Å². The zero-order valence-corrected chi connectivity index (χ0v) is 12.1. The highest BCUT2D eigenvalue weighted by atomic mass is 35.5. The van der Waals surface area contributed by atoms with Crippen molar-refractivity contribution in [3.8, 4) is 0 Å². The van der Waals surface area contributed by atoms with Crippen LogP contribution >= 0.6 is 12.4 Å². The summed E-state index contributed by atoms with van der Waals surface area (Å²) < 4.78 is 8.94. The third kappa shape index (κ3) is 9.26. The average Bonchev–Trinajstić information content (AvgIpc) is 2.34. The van der Waals surface area contributed by atoms with E-state index in [1.165, 1.54) is 14.2 Å². The second kappa shape index (κ2) is 10.6. The first kappa shape index (κ1) is 20.0. The fourth-order valence-electron chi connectivity index (χ4n) is 1.21. The number of amides is 1. The van der Waals surface area contributed by atoms with Gasteiger partial charge in [0.05, 0.1) is 20.6 Å². The molecule has 0 fully saturated rings. The molecule has 2 atom stereocenters. The molecule has 0 aromatic carbocycles. The topological polar surface area (TPSA) is 108 Å². The quantitative estimate of drug-likeness (QED) is 0.628. The predicted octanol–water partition coefficient (Wildman–Crippen LogP) is -0.243. The number of esters is 2. The number of hydrogen-bond donors (Lipinski definition) is 2. The highest BCUT2D eigenvalue weighted by molar-refractivity contribution is 5.88. The van der Waals surface area contributed by atoms with Gasteiger partial charge in [0.2, 0.25) is 5.91 Å². The Morgan fingerprint density at radius 3 is 2.21 bits per heavy atom. The van der Waals surface area contributed by atoms with Crippen molar-refractivity contribution in [2.45, 2.75) is 38.3 Å². The van der Waals surface area contributed by atoms with Crippen LogP contribution in [0.2, 0.25) is 0 Å². The van der Waals surface area contributed by atoms with Crippen LogP contribution in [0.15, 0.2) is 0 Å². The lowest BCUT2D eigenvalue weighted by molar-refractivity contribution is -0.150. The van der Waals surface area contributed by atoms with Gasteiger partial charge in [-0.25, -0.2) is 4.79 Å². The molecule has 0 radical (unpaired) electrons. The molecule has 0 aliphatic heterocycles. The predicted molar refractivity (Wildman–Crippen MR) is 70.7 cm³/mol. The molecule has 2 unspecified atom stereocenters. The number of rotatable bonds is 7. The van der Waals surface area contributed by atoms with Gasteiger partial charge in [-0.15, -0.1) is 12.4 Å². The molecule has 0 aliphatic carbocycles. The molecule has 112 valence electrons. The summed E-state index contributed by atoms with van der Waals surface area (Å²) in [6, 6.07) is -1.13. The smallest absolute Gasteiger partial charge is 0.328 e. The van der Waals surface area contributed by atoms with Crippen molar-refractivity contribution < 1.29 is 23.9 Å². The van der Waals surface area contributed by atoms with Crippen LogP contribution in [0.3, 0.4) is 0 Å². The minimum absolute atomic E-state index is 0. The van der Waals surface area contributed by atoms with Crippen molar-refractivity contribution >= 4 is 30.3 Å². The van der Waals surface area contributed by atoms with Gasteiger partial charge in [0.1, 0.15) is 6.04 Å². The first-order chi connectivity index (χ1) is 8.40. The molecule has 7 nitrogen and oxygen atoms in total. The Balaban J connectivity index is 0. The number of nitrogens with one attached hydrogen (secondary N) is 1. The summed E-state index contributed by atoms with van der Waals surface area (Å²) in [4.78, 5) is 34.0. The second-order valence-corrected chi connectivity index (χ2v) is 3.94. The lowest BCUT2D eigenvalue weighted by Gasteiger charge is -2.15. The molecule has 0 spiro atoms. The van der Waals surface area contributed by atoms with Gasteiger partial charge in [0, 0.05) is 12.5 Å². The standard InChI is InChI=1S/C11H20N2O5.ClH/c1-7(12)4-5-9(14)13-8(11(16)18-3)6-10(15)17-2;/h7-8H,4-6,12H2,1-3H3,(H,13,14);1H. The van der Waals surface area contributed by atoms with E-state index in [2.05, 4.69) is 14.8 Å². The minimum Gasteiger partial charge on any atom is -0.469 e. The maximum atomic E-state index is 11.5. The lowest BCUT2D eigenvalue weighted by atomic mass is 10.1. The fourth-order valence-corrected chi connectivity index (χ4v) is 1.21. The van der Waals surface area contributed by atoms with Gasteiger partial charge in [0.25, 0.3) is 0 Å². The van der Waals surface area contributed by atoms with Crippen molar-refractivity contribution in [2.24, 2.45) is 5.73 Å². The first-order valence-electron chi connectivity index (χ1n) is 5.60. The maximum absolute atomic E-state index is 11.5. The van der Waals surface area contributed by atoms with E-state index in [1.54, 1.807) is 6.92 Å². The number of carbonyl (C=O) groups excluding carboxylic acids is 3. The van der Waals surface area contributed by atoms with E-state index in [0.717, 1.165) is 0 Å². The van der Waals surface area contributed by atoms with Gasteiger partial charge < -0.3 is 20.5 Å². The van der Waals surface area contributed by atoms with Crippen molar-refractivity contribution in [3.63, 3.8) is 0 Å². The molecule has 1 amide bonds. The van der Waals surface area contributed by atoms with Crippen LogP contribution in [0.25, 0.3) is 0 Å². The van der Waals surface area contributed by atoms with E-state index in [4.69, 9.17) is 5.73 Å². The number of ether oxygens (including phenoxy) is 2. The maximum Gasteiger partial charge on any atom is 0.328 e. The van der Waals surface area contributed by atoms with E-state index in [1.807, 2.05) is 0 Å². The summed E-state index contributed by atoms with van der Waals surface area (Å²) in [6.07, 6.45) is 0.428. The zero-order chi connectivity index (χ0) is 14.1. The minimum atomic E-state index is -1.02. The van der Waals surface area contributed by atoms with Crippen LogP contribution in [-0.4, -0.2) is 44.1 Å². The van der Waals surface area contributed by atoms with E-state index < -0.39 is 18.0 Å². The van der Waals surface area contributed by atoms with Crippen LogP contribution in [0.1, 0.15) is 26.2 Å². The molecule has 8 heteroatoms. The fraction of sp³-hybridized carbons (Fsp3) is 0.727. The van der Waals surface area contributed by atoms with Gasteiger partial charge in [-0.1, -0.05) is 0 Å². The Morgan fingerprint density at radius 1 is 1.21 bits per heavy atom. The van der Waals surface area contributed by atoms with Gasteiger partial charge in [-0.2, -0.15) is 0 Å². The Kier molecular flexibility index (Phi) is 11.1. The zero-order valence-electron chi connectivity index (χ0n) is 11.3. The van der Waals surface area contributed by atoms with Gasteiger partial charge in [0.15, 0.2) is 0 Å². The van der Waals surface area contributed by atoms with Crippen molar-refractivity contribution in [1.82, 2.24) is 5.32 Å². The Morgan fingerprint density at radius 2 is 1.79 bits per heavy atom. The van der Waals surface area contributed by atoms with Crippen LogP contribution in [0.4, 0.5) is 0 Å². The average molecular weight is 297 g/mol. The summed E-state index contributed by atoms with van der Waals surface area (Å²) in [6.45, 7) is 1.78. The molecule has 0 aliphatic rings. The molecular weight excluding hydrogens is 276 g/mol. The van der Waals surface area contributed by atoms with E-state index in [0.29, 0.717) is 6.42 Å². The number of methoxy groups -OCH3 is 2. The van der Waals surface area contributed by atoms with E-state index in [-0.39, 0.29) is 37.2 Å².